The Kier molecular flexibility index (Phi) is 4.85. The topological polar surface area (TPSA) is 112 Å². The number of rotatable bonds is 7. The monoisotopic (exact) mass is 275 g/mol. The second kappa shape index (κ2) is 5.96. The molecule has 1 atom stereocenters. The number of carbonyl (C=O) groups is 1. The lowest BCUT2D eigenvalue weighted by Gasteiger charge is -2.13. The van der Waals surface area contributed by atoms with Gasteiger partial charge >= 0.3 is 5.97 Å². The summed E-state index contributed by atoms with van der Waals surface area (Å²) in [7, 11) is -3.63. The molecule has 0 amide bonds. The van der Waals surface area contributed by atoms with Crippen molar-refractivity contribution in [1.29, 1.82) is 0 Å². The molecule has 18 heavy (non-hydrogen) atoms. The van der Waals surface area contributed by atoms with Crippen molar-refractivity contribution in [3.63, 3.8) is 0 Å². The standard InChI is InChI=1S/C10H17N3O4S/c1-3-8(4-10(14)15)5-12-18(16,17)9-6-11-13-7(9)2/h6,8,12H,3-5H2,1-2H3,(H,11,13)(H,14,15). The van der Waals surface area contributed by atoms with Crippen LogP contribution < -0.4 is 4.72 Å². The fourth-order valence-corrected chi connectivity index (χ4v) is 2.77. The number of H-pyrrole nitrogens is 1. The highest BCUT2D eigenvalue weighted by Gasteiger charge is 2.20. The molecule has 0 spiro atoms. The molecular weight excluding hydrogens is 258 g/mol. The zero-order valence-corrected chi connectivity index (χ0v) is 11.1. The lowest BCUT2D eigenvalue weighted by Crippen LogP contribution is -2.30. The minimum absolute atomic E-state index is 0.0522. The molecule has 0 saturated carbocycles. The minimum Gasteiger partial charge on any atom is -0.481 e. The smallest absolute Gasteiger partial charge is 0.303 e. The highest BCUT2D eigenvalue weighted by Crippen LogP contribution is 2.13. The van der Waals surface area contributed by atoms with E-state index in [4.69, 9.17) is 5.11 Å². The molecule has 0 saturated heterocycles. The van der Waals surface area contributed by atoms with Crippen molar-refractivity contribution in [2.24, 2.45) is 5.92 Å². The number of nitrogens with one attached hydrogen (secondary N) is 2. The molecule has 0 aromatic carbocycles. The maximum atomic E-state index is 11.9. The van der Waals surface area contributed by atoms with Gasteiger partial charge in [-0.1, -0.05) is 13.3 Å². The summed E-state index contributed by atoms with van der Waals surface area (Å²) in [6.45, 7) is 3.54. The first-order valence-electron chi connectivity index (χ1n) is 5.58. The van der Waals surface area contributed by atoms with E-state index in [1.54, 1.807) is 6.92 Å². The molecule has 0 fully saturated rings. The number of aliphatic carboxylic acids is 1. The molecule has 7 nitrogen and oxygen atoms in total. The Morgan fingerprint density at radius 2 is 2.28 bits per heavy atom. The first-order chi connectivity index (χ1) is 8.36. The van der Waals surface area contributed by atoms with Gasteiger partial charge in [-0.15, -0.1) is 0 Å². The predicted molar refractivity (Wildman–Crippen MR) is 64.5 cm³/mol. The van der Waals surface area contributed by atoms with Crippen molar-refractivity contribution < 1.29 is 18.3 Å². The van der Waals surface area contributed by atoms with Gasteiger partial charge in [-0.3, -0.25) is 9.89 Å². The minimum atomic E-state index is -3.63. The highest BCUT2D eigenvalue weighted by atomic mass is 32.2. The second-order valence-electron chi connectivity index (χ2n) is 4.08. The molecule has 1 rings (SSSR count). The van der Waals surface area contributed by atoms with E-state index in [1.807, 2.05) is 6.92 Å². The molecule has 8 heteroatoms. The van der Waals surface area contributed by atoms with Crippen LogP contribution in [0.5, 0.6) is 0 Å². The number of nitrogens with zero attached hydrogens (tertiary/aromatic N) is 1. The number of aryl methyl sites for hydroxylation is 1. The van der Waals surface area contributed by atoms with Crippen LogP contribution in [0.4, 0.5) is 0 Å². The van der Waals surface area contributed by atoms with E-state index < -0.39 is 16.0 Å². The van der Waals surface area contributed by atoms with Crippen LogP contribution in [0.15, 0.2) is 11.1 Å². The zero-order chi connectivity index (χ0) is 13.8. The Morgan fingerprint density at radius 3 is 2.72 bits per heavy atom. The SMILES string of the molecule is CCC(CNS(=O)(=O)c1cn[nH]c1C)CC(=O)O. The van der Waals surface area contributed by atoms with Crippen LogP contribution >= 0.6 is 0 Å². The van der Waals surface area contributed by atoms with E-state index >= 15 is 0 Å². The Balaban J connectivity index is 2.67. The molecule has 3 N–H and O–H groups in total. The Bertz CT molecular complexity index is 509. The third-order valence-electron chi connectivity index (χ3n) is 2.68. The summed E-state index contributed by atoms with van der Waals surface area (Å²) in [5.74, 6) is -1.15. The molecule has 0 aliphatic rings. The van der Waals surface area contributed by atoms with Crippen molar-refractivity contribution in [3.8, 4) is 0 Å². The van der Waals surface area contributed by atoms with Crippen molar-refractivity contribution in [1.82, 2.24) is 14.9 Å². The van der Waals surface area contributed by atoms with E-state index in [1.165, 1.54) is 6.20 Å². The molecule has 1 aromatic rings. The number of sulfonamides is 1. The van der Waals surface area contributed by atoms with Crippen molar-refractivity contribution in [2.45, 2.75) is 31.6 Å². The fraction of sp³-hybridized carbons (Fsp3) is 0.600. The Hall–Kier alpha value is -1.41. The molecule has 1 unspecified atom stereocenters. The summed E-state index contributed by atoms with van der Waals surface area (Å²) in [6, 6.07) is 0. The first-order valence-corrected chi connectivity index (χ1v) is 7.06. The van der Waals surface area contributed by atoms with Gasteiger partial charge in [0.2, 0.25) is 10.0 Å². The fourth-order valence-electron chi connectivity index (χ4n) is 1.52. The quantitative estimate of drug-likeness (QED) is 0.670. The number of aromatic amines is 1. The number of carboxylic acids is 1. The number of hydrogen-bond acceptors (Lipinski definition) is 4. The van der Waals surface area contributed by atoms with E-state index in [0.717, 1.165) is 0 Å². The van der Waals surface area contributed by atoms with Crippen molar-refractivity contribution in [3.05, 3.63) is 11.9 Å². The van der Waals surface area contributed by atoms with Gasteiger partial charge in [0.25, 0.3) is 0 Å². The van der Waals surface area contributed by atoms with Gasteiger partial charge in [0, 0.05) is 13.0 Å². The molecule has 0 aliphatic carbocycles. The van der Waals surface area contributed by atoms with Gasteiger partial charge in [-0.2, -0.15) is 5.10 Å². The zero-order valence-electron chi connectivity index (χ0n) is 10.3. The van der Waals surface area contributed by atoms with Crippen LogP contribution in [0, 0.1) is 12.8 Å². The summed E-state index contributed by atoms with van der Waals surface area (Å²) < 4.78 is 26.2. The van der Waals surface area contributed by atoms with Gasteiger partial charge in [0.1, 0.15) is 4.90 Å². The van der Waals surface area contributed by atoms with E-state index in [9.17, 15) is 13.2 Å². The van der Waals surface area contributed by atoms with E-state index in [-0.39, 0.29) is 23.8 Å². The van der Waals surface area contributed by atoms with Crippen LogP contribution in [0.1, 0.15) is 25.5 Å². The van der Waals surface area contributed by atoms with Gasteiger partial charge in [-0.25, -0.2) is 13.1 Å². The molecule has 0 aliphatic heterocycles. The summed E-state index contributed by atoms with van der Waals surface area (Å²) >= 11 is 0. The molecule has 0 radical (unpaired) electrons. The molecule has 0 bridgehead atoms. The molecule has 102 valence electrons. The largest absolute Gasteiger partial charge is 0.481 e. The average Bonchev–Trinajstić information content (AvgIpc) is 2.71. The molecular formula is C10H17N3O4S. The Labute approximate surface area is 106 Å². The summed E-state index contributed by atoms with van der Waals surface area (Å²) in [5, 5.41) is 14.9. The third kappa shape index (κ3) is 3.81. The molecule has 1 aromatic heterocycles. The maximum Gasteiger partial charge on any atom is 0.303 e. The molecule has 1 heterocycles. The van der Waals surface area contributed by atoms with Gasteiger partial charge in [0.15, 0.2) is 0 Å². The van der Waals surface area contributed by atoms with E-state index in [2.05, 4.69) is 14.9 Å². The van der Waals surface area contributed by atoms with Crippen LogP contribution in [0.2, 0.25) is 0 Å². The second-order valence-corrected chi connectivity index (χ2v) is 5.82. The highest BCUT2D eigenvalue weighted by molar-refractivity contribution is 7.89. The Morgan fingerprint density at radius 1 is 1.61 bits per heavy atom. The predicted octanol–water partition coefficient (Wildman–Crippen LogP) is 0.497. The maximum absolute atomic E-state index is 11.9. The van der Waals surface area contributed by atoms with Crippen LogP contribution in [-0.4, -0.2) is 36.2 Å². The van der Waals surface area contributed by atoms with Crippen molar-refractivity contribution >= 4 is 16.0 Å². The van der Waals surface area contributed by atoms with E-state index in [0.29, 0.717) is 12.1 Å². The third-order valence-corrected chi connectivity index (χ3v) is 4.21. The summed E-state index contributed by atoms with van der Waals surface area (Å²) in [6.07, 6.45) is 1.78. The number of hydrogen-bond donors (Lipinski definition) is 3. The van der Waals surface area contributed by atoms with Gasteiger partial charge < -0.3 is 5.11 Å². The normalized spacial score (nSPS) is 13.4. The van der Waals surface area contributed by atoms with Crippen LogP contribution in [0.3, 0.4) is 0 Å². The lowest BCUT2D eigenvalue weighted by molar-refractivity contribution is -0.138. The average molecular weight is 275 g/mol. The first kappa shape index (κ1) is 14.7. The van der Waals surface area contributed by atoms with Crippen molar-refractivity contribution in [2.75, 3.05) is 6.54 Å². The van der Waals surface area contributed by atoms with Crippen LogP contribution in [-0.2, 0) is 14.8 Å². The summed E-state index contributed by atoms with van der Waals surface area (Å²) in [4.78, 5) is 10.7. The van der Waals surface area contributed by atoms with Crippen LogP contribution in [0.25, 0.3) is 0 Å². The number of carboxylic acid groups (broad SMARTS) is 1. The lowest BCUT2D eigenvalue weighted by atomic mass is 10.0. The summed E-state index contributed by atoms with van der Waals surface area (Å²) in [5.41, 5.74) is 0.453. The number of aromatic nitrogens is 2. The van der Waals surface area contributed by atoms with Gasteiger partial charge in [0.05, 0.1) is 11.9 Å². The van der Waals surface area contributed by atoms with Gasteiger partial charge in [-0.05, 0) is 12.8 Å².